The summed E-state index contributed by atoms with van der Waals surface area (Å²) in [5.41, 5.74) is 23.5. The van der Waals surface area contributed by atoms with Gasteiger partial charge in [-0.2, -0.15) is 8.42 Å². The van der Waals surface area contributed by atoms with Crippen molar-refractivity contribution in [3.63, 3.8) is 0 Å². The van der Waals surface area contributed by atoms with Crippen LogP contribution >= 0.6 is 0 Å². The molecule has 0 aliphatic rings. The van der Waals surface area contributed by atoms with Crippen molar-refractivity contribution in [1.29, 1.82) is 0 Å². The van der Waals surface area contributed by atoms with E-state index < -0.39 is 10.4 Å². The van der Waals surface area contributed by atoms with Crippen LogP contribution in [0.3, 0.4) is 0 Å². The second-order valence-electron chi connectivity index (χ2n) is 6.24. The van der Waals surface area contributed by atoms with Gasteiger partial charge in [-0.25, -0.2) is 0 Å². The lowest BCUT2D eigenvalue weighted by Crippen LogP contribution is -2.23. The molecule has 0 radical (unpaired) electrons. The standard InChI is InChI=1S/2C10H15N3.H2O4S/c2*11-10(12)13-8-4-7-9-5-2-1-3-6-9;1-5(2,3)4/h2*1-3,5-6H,4,7-8H2,(H4,11,12,13);(H2,1,2,3,4). The van der Waals surface area contributed by atoms with E-state index in [1.54, 1.807) is 0 Å². The Bertz CT molecular complexity index is 800. The van der Waals surface area contributed by atoms with Gasteiger partial charge in [0.05, 0.1) is 0 Å². The molecule has 0 saturated heterocycles. The van der Waals surface area contributed by atoms with E-state index in [9.17, 15) is 0 Å². The molecule has 0 heterocycles. The first-order valence-corrected chi connectivity index (χ1v) is 10.9. The first-order valence-electron chi connectivity index (χ1n) is 9.46. The van der Waals surface area contributed by atoms with Gasteiger partial charge >= 0.3 is 10.4 Å². The van der Waals surface area contributed by atoms with E-state index in [1.807, 2.05) is 36.4 Å². The molecule has 172 valence electrons. The van der Waals surface area contributed by atoms with Crippen LogP contribution in [0.4, 0.5) is 0 Å². The highest BCUT2D eigenvalue weighted by molar-refractivity contribution is 7.79. The first kappa shape index (κ1) is 27.8. The fourth-order valence-corrected chi connectivity index (χ4v) is 2.27. The zero-order chi connectivity index (χ0) is 23.5. The normalized spacial score (nSPS) is 9.87. The van der Waals surface area contributed by atoms with Crippen molar-refractivity contribution in [2.24, 2.45) is 32.9 Å². The van der Waals surface area contributed by atoms with Crippen molar-refractivity contribution < 1.29 is 17.5 Å². The van der Waals surface area contributed by atoms with Gasteiger partial charge in [0.1, 0.15) is 0 Å². The number of rotatable bonds is 8. The van der Waals surface area contributed by atoms with Gasteiger partial charge in [0.15, 0.2) is 11.9 Å². The Labute approximate surface area is 183 Å². The third-order valence-corrected chi connectivity index (χ3v) is 3.52. The summed E-state index contributed by atoms with van der Waals surface area (Å²) in [6.45, 7) is 1.41. The van der Waals surface area contributed by atoms with Crippen LogP contribution in [-0.2, 0) is 23.2 Å². The maximum Gasteiger partial charge on any atom is 0.394 e. The van der Waals surface area contributed by atoms with Gasteiger partial charge in [0.25, 0.3) is 0 Å². The fourth-order valence-electron chi connectivity index (χ4n) is 2.27. The van der Waals surface area contributed by atoms with Crippen molar-refractivity contribution in [2.75, 3.05) is 13.1 Å². The lowest BCUT2D eigenvalue weighted by atomic mass is 10.1. The van der Waals surface area contributed by atoms with Crippen molar-refractivity contribution >= 4 is 22.3 Å². The van der Waals surface area contributed by atoms with E-state index in [-0.39, 0.29) is 11.9 Å². The Kier molecular flexibility index (Phi) is 14.9. The molecule has 11 heteroatoms. The number of hydrogen-bond acceptors (Lipinski definition) is 4. The van der Waals surface area contributed by atoms with Gasteiger partial charge in [-0.15, -0.1) is 0 Å². The minimum atomic E-state index is -4.67. The quantitative estimate of drug-likeness (QED) is 0.148. The van der Waals surface area contributed by atoms with Gasteiger partial charge < -0.3 is 22.9 Å². The molecular formula is C20H32N6O4S. The summed E-state index contributed by atoms with van der Waals surface area (Å²) in [6.07, 6.45) is 4.03. The average Bonchev–Trinajstić information content (AvgIpc) is 2.69. The molecule has 10 N–H and O–H groups in total. The van der Waals surface area contributed by atoms with E-state index in [0.29, 0.717) is 13.1 Å². The smallest absolute Gasteiger partial charge is 0.370 e. The van der Waals surface area contributed by atoms with E-state index in [2.05, 4.69) is 34.3 Å². The Morgan fingerprint density at radius 2 is 0.968 bits per heavy atom. The molecule has 2 aromatic rings. The van der Waals surface area contributed by atoms with Crippen LogP contribution in [0.15, 0.2) is 70.6 Å². The minimum Gasteiger partial charge on any atom is -0.370 e. The minimum absolute atomic E-state index is 0.174. The summed E-state index contributed by atoms with van der Waals surface area (Å²) in [5.74, 6) is 0.348. The molecule has 0 unspecified atom stereocenters. The second kappa shape index (κ2) is 16.6. The highest BCUT2D eigenvalue weighted by Crippen LogP contribution is 2.02. The molecule has 31 heavy (non-hydrogen) atoms. The second-order valence-corrected chi connectivity index (χ2v) is 7.13. The molecule has 0 bridgehead atoms. The van der Waals surface area contributed by atoms with Crippen molar-refractivity contribution in [3.8, 4) is 0 Å². The SMILES string of the molecule is NC(N)=NCCCc1ccccc1.NC(N)=NCCCc1ccccc1.O=S(=O)(O)O. The summed E-state index contributed by atoms with van der Waals surface area (Å²) < 4.78 is 31.6. The first-order chi connectivity index (χ1) is 14.6. The number of benzene rings is 2. The summed E-state index contributed by atoms with van der Waals surface area (Å²) in [4.78, 5) is 7.82. The number of nitrogens with two attached hydrogens (primary N) is 4. The molecule has 0 amide bonds. The molecule has 0 saturated carbocycles. The zero-order valence-electron chi connectivity index (χ0n) is 17.3. The molecule has 0 spiro atoms. The van der Waals surface area contributed by atoms with Crippen LogP contribution in [0.2, 0.25) is 0 Å². The highest BCUT2D eigenvalue weighted by atomic mass is 32.3. The Morgan fingerprint density at radius 3 is 1.23 bits per heavy atom. The van der Waals surface area contributed by atoms with E-state index >= 15 is 0 Å². The number of aryl methyl sites for hydroxylation is 2. The van der Waals surface area contributed by atoms with Crippen LogP contribution in [-0.4, -0.2) is 42.5 Å². The average molecular weight is 453 g/mol. The Morgan fingerprint density at radius 1 is 0.677 bits per heavy atom. The molecule has 0 aliphatic heterocycles. The third kappa shape index (κ3) is 23.0. The summed E-state index contributed by atoms with van der Waals surface area (Å²) >= 11 is 0. The highest BCUT2D eigenvalue weighted by Gasteiger charge is 1.91. The van der Waals surface area contributed by atoms with Crippen molar-refractivity contribution in [2.45, 2.75) is 25.7 Å². The van der Waals surface area contributed by atoms with Crippen LogP contribution in [0, 0.1) is 0 Å². The molecular weight excluding hydrogens is 420 g/mol. The fraction of sp³-hybridized carbons (Fsp3) is 0.300. The van der Waals surface area contributed by atoms with E-state index in [1.165, 1.54) is 11.1 Å². The van der Waals surface area contributed by atoms with Gasteiger partial charge in [0, 0.05) is 13.1 Å². The molecule has 0 aromatic heterocycles. The predicted octanol–water partition coefficient (Wildman–Crippen LogP) is 1.13. The van der Waals surface area contributed by atoms with Crippen LogP contribution in [0.5, 0.6) is 0 Å². The monoisotopic (exact) mass is 452 g/mol. The Balaban J connectivity index is 0.000000479. The topological polar surface area (TPSA) is 203 Å². The molecule has 2 rings (SSSR count). The lowest BCUT2D eigenvalue weighted by molar-refractivity contribution is 0.381. The number of aliphatic imine (C=N–C) groups is 2. The van der Waals surface area contributed by atoms with Gasteiger partial charge in [0.2, 0.25) is 0 Å². The van der Waals surface area contributed by atoms with Gasteiger partial charge in [-0.05, 0) is 36.8 Å². The van der Waals surface area contributed by atoms with E-state index in [0.717, 1.165) is 25.7 Å². The lowest BCUT2D eigenvalue weighted by Gasteiger charge is -1.98. The molecule has 10 nitrogen and oxygen atoms in total. The van der Waals surface area contributed by atoms with Crippen LogP contribution in [0.25, 0.3) is 0 Å². The molecule has 0 atom stereocenters. The summed E-state index contributed by atoms with van der Waals surface area (Å²) in [7, 11) is -4.67. The van der Waals surface area contributed by atoms with Crippen LogP contribution in [0.1, 0.15) is 24.0 Å². The van der Waals surface area contributed by atoms with Crippen LogP contribution < -0.4 is 22.9 Å². The molecule has 0 fully saturated rings. The maximum atomic E-state index is 8.74. The largest absolute Gasteiger partial charge is 0.394 e. The van der Waals surface area contributed by atoms with Gasteiger partial charge in [-0.3, -0.25) is 19.1 Å². The predicted molar refractivity (Wildman–Crippen MR) is 125 cm³/mol. The zero-order valence-corrected chi connectivity index (χ0v) is 18.2. The Hall–Kier alpha value is -3.15. The summed E-state index contributed by atoms with van der Waals surface area (Å²) in [6, 6.07) is 20.6. The van der Waals surface area contributed by atoms with E-state index in [4.69, 9.17) is 40.5 Å². The number of hydrogen-bond donors (Lipinski definition) is 6. The van der Waals surface area contributed by atoms with Crippen molar-refractivity contribution in [3.05, 3.63) is 71.8 Å². The maximum absolute atomic E-state index is 8.74. The summed E-state index contributed by atoms with van der Waals surface area (Å²) in [5, 5.41) is 0. The third-order valence-electron chi connectivity index (χ3n) is 3.52. The molecule has 2 aromatic carbocycles. The molecule has 0 aliphatic carbocycles. The van der Waals surface area contributed by atoms with Gasteiger partial charge in [-0.1, -0.05) is 60.7 Å². The van der Waals surface area contributed by atoms with Crippen molar-refractivity contribution in [1.82, 2.24) is 0 Å². The number of guanidine groups is 2. The number of nitrogens with zero attached hydrogens (tertiary/aromatic N) is 2.